The molecule has 1 aliphatic carbocycles. The molecule has 2 unspecified atom stereocenters. The van der Waals surface area contributed by atoms with Crippen LogP contribution in [0.15, 0.2) is 66.4 Å². The van der Waals surface area contributed by atoms with Crippen molar-refractivity contribution >= 4 is 13.3 Å². The minimum atomic E-state index is -2.02. The van der Waals surface area contributed by atoms with Gasteiger partial charge in [-0.3, -0.25) is 0 Å². The molecule has 3 rings (SSSR count). The molecule has 2 aromatic rings. The van der Waals surface area contributed by atoms with Gasteiger partial charge >= 0.3 is 0 Å². The van der Waals surface area contributed by atoms with Crippen molar-refractivity contribution in [3.8, 4) is 0 Å². The standard InChI is InChI=1S/C25H34OSi/c1-6-7-19-27(5,22-14-9-8-10-15-22)20(2)25(24(3,4)26)18-17-21-13-11-12-16-23(21)25/h8-16,26H,2,6-7,17-19H2,1,3-5H3. The Bertz CT molecular complexity index is 805. The van der Waals surface area contributed by atoms with Crippen molar-refractivity contribution in [1.82, 2.24) is 0 Å². The maximum Gasteiger partial charge on any atom is 0.111 e. The fourth-order valence-corrected chi connectivity index (χ4v) is 9.64. The average Bonchev–Trinajstić information content (AvgIpc) is 3.07. The molecule has 0 aromatic heterocycles. The third kappa shape index (κ3) is 3.23. The van der Waals surface area contributed by atoms with Gasteiger partial charge in [0.05, 0.1) is 5.60 Å². The molecular formula is C25H34OSi. The van der Waals surface area contributed by atoms with Crippen molar-refractivity contribution < 1.29 is 5.11 Å². The Morgan fingerprint density at radius 2 is 1.74 bits per heavy atom. The predicted octanol–water partition coefficient (Wildman–Crippen LogP) is 5.52. The van der Waals surface area contributed by atoms with E-state index in [9.17, 15) is 5.11 Å². The van der Waals surface area contributed by atoms with Crippen LogP contribution in [0.1, 0.15) is 51.2 Å². The molecule has 0 heterocycles. The molecule has 2 atom stereocenters. The number of benzene rings is 2. The van der Waals surface area contributed by atoms with Gasteiger partial charge in [-0.15, -0.1) is 6.58 Å². The van der Waals surface area contributed by atoms with Crippen LogP contribution in [0.3, 0.4) is 0 Å². The van der Waals surface area contributed by atoms with Crippen molar-refractivity contribution in [3.63, 3.8) is 0 Å². The molecule has 0 fully saturated rings. The first-order chi connectivity index (χ1) is 12.8. The van der Waals surface area contributed by atoms with Crippen LogP contribution >= 0.6 is 0 Å². The normalized spacial score (nSPS) is 21.5. The number of hydrogen-bond acceptors (Lipinski definition) is 1. The van der Waals surface area contributed by atoms with Gasteiger partial charge in [0.1, 0.15) is 8.07 Å². The molecule has 0 aliphatic heterocycles. The van der Waals surface area contributed by atoms with Gasteiger partial charge in [0.2, 0.25) is 0 Å². The first-order valence-electron chi connectivity index (χ1n) is 10.3. The summed E-state index contributed by atoms with van der Waals surface area (Å²) in [6.07, 6.45) is 4.37. The van der Waals surface area contributed by atoms with Gasteiger partial charge in [-0.2, -0.15) is 0 Å². The Hall–Kier alpha value is -1.64. The molecule has 0 amide bonds. The van der Waals surface area contributed by atoms with Crippen molar-refractivity contribution in [2.75, 3.05) is 0 Å². The lowest BCUT2D eigenvalue weighted by atomic mass is 9.69. The van der Waals surface area contributed by atoms with Crippen LogP contribution in [-0.4, -0.2) is 18.8 Å². The number of hydrogen-bond donors (Lipinski definition) is 1. The molecule has 1 nitrogen and oxygen atoms in total. The predicted molar refractivity (Wildman–Crippen MR) is 119 cm³/mol. The first-order valence-corrected chi connectivity index (χ1v) is 13.0. The summed E-state index contributed by atoms with van der Waals surface area (Å²) in [5.74, 6) is 0. The van der Waals surface area contributed by atoms with E-state index in [4.69, 9.17) is 6.58 Å². The highest BCUT2D eigenvalue weighted by atomic mass is 28.3. The molecule has 2 heteroatoms. The van der Waals surface area contributed by atoms with E-state index in [1.165, 1.54) is 40.4 Å². The van der Waals surface area contributed by atoms with Crippen LogP contribution in [-0.2, 0) is 11.8 Å². The fraction of sp³-hybridized carbons (Fsp3) is 0.440. The van der Waals surface area contributed by atoms with E-state index in [1.54, 1.807) is 0 Å². The SMILES string of the molecule is C=C(C1(C(C)(C)O)CCc2ccccc21)[Si](C)(CCCC)c1ccccc1. The summed E-state index contributed by atoms with van der Waals surface area (Å²) in [4.78, 5) is 0. The fourth-order valence-electron chi connectivity index (χ4n) is 5.21. The molecule has 2 aromatic carbocycles. The highest BCUT2D eigenvalue weighted by Crippen LogP contribution is 2.53. The van der Waals surface area contributed by atoms with Gasteiger partial charge in [-0.05, 0) is 43.9 Å². The van der Waals surface area contributed by atoms with Crippen LogP contribution in [0.4, 0.5) is 0 Å². The highest BCUT2D eigenvalue weighted by molar-refractivity contribution is 6.97. The molecular weight excluding hydrogens is 344 g/mol. The van der Waals surface area contributed by atoms with E-state index in [-0.39, 0.29) is 5.41 Å². The third-order valence-corrected chi connectivity index (χ3v) is 11.6. The summed E-state index contributed by atoms with van der Waals surface area (Å²) in [5, 5.41) is 14.2. The molecule has 0 bridgehead atoms. The molecule has 0 saturated carbocycles. The van der Waals surface area contributed by atoms with E-state index < -0.39 is 13.7 Å². The zero-order valence-electron chi connectivity index (χ0n) is 17.4. The van der Waals surface area contributed by atoms with Crippen molar-refractivity contribution in [3.05, 3.63) is 77.5 Å². The third-order valence-electron chi connectivity index (χ3n) is 6.91. The second-order valence-corrected chi connectivity index (χ2v) is 13.2. The molecule has 1 N–H and O–H groups in total. The Morgan fingerprint density at radius 1 is 1.11 bits per heavy atom. The maximum atomic E-state index is 11.5. The van der Waals surface area contributed by atoms with Gasteiger partial charge in [0.15, 0.2) is 0 Å². The summed E-state index contributed by atoms with van der Waals surface area (Å²) in [7, 11) is -2.02. The zero-order chi connectivity index (χ0) is 19.7. The maximum absolute atomic E-state index is 11.5. The van der Waals surface area contributed by atoms with Crippen molar-refractivity contribution in [2.45, 2.75) is 70.1 Å². The molecule has 1 aliphatic rings. The number of unbranched alkanes of at least 4 members (excludes halogenated alkanes) is 1. The molecule has 0 saturated heterocycles. The topological polar surface area (TPSA) is 20.2 Å². The minimum absolute atomic E-state index is 0.367. The lowest BCUT2D eigenvalue weighted by molar-refractivity contribution is 0.0132. The van der Waals surface area contributed by atoms with E-state index in [1.807, 2.05) is 13.8 Å². The monoisotopic (exact) mass is 378 g/mol. The quantitative estimate of drug-likeness (QED) is 0.629. The van der Waals surface area contributed by atoms with E-state index in [0.29, 0.717) is 0 Å². The second kappa shape index (κ2) is 7.41. The summed E-state index contributed by atoms with van der Waals surface area (Å²) in [5.41, 5.74) is 1.47. The summed E-state index contributed by atoms with van der Waals surface area (Å²) >= 11 is 0. The van der Waals surface area contributed by atoms with Crippen LogP contribution in [0.2, 0.25) is 12.6 Å². The van der Waals surface area contributed by atoms with Gasteiger partial charge in [-0.1, -0.05) is 91.3 Å². The average molecular weight is 379 g/mol. The summed E-state index contributed by atoms with van der Waals surface area (Å²) in [6.45, 7) is 13.5. The zero-order valence-corrected chi connectivity index (χ0v) is 18.4. The van der Waals surface area contributed by atoms with E-state index in [0.717, 1.165) is 12.8 Å². The first kappa shape index (κ1) is 20.1. The van der Waals surface area contributed by atoms with Crippen molar-refractivity contribution in [2.24, 2.45) is 0 Å². The van der Waals surface area contributed by atoms with Gasteiger partial charge in [-0.25, -0.2) is 0 Å². The molecule has 144 valence electrons. The van der Waals surface area contributed by atoms with E-state index in [2.05, 4.69) is 68.1 Å². The van der Waals surface area contributed by atoms with Crippen LogP contribution in [0.5, 0.6) is 0 Å². The largest absolute Gasteiger partial charge is 0.389 e. The van der Waals surface area contributed by atoms with Crippen LogP contribution < -0.4 is 5.19 Å². The lowest BCUT2D eigenvalue weighted by Gasteiger charge is -2.49. The Balaban J connectivity index is 2.19. The van der Waals surface area contributed by atoms with Crippen LogP contribution in [0.25, 0.3) is 0 Å². The molecule has 0 radical (unpaired) electrons. The van der Waals surface area contributed by atoms with Crippen LogP contribution in [0, 0.1) is 0 Å². The number of aliphatic hydroxyl groups is 1. The Morgan fingerprint density at radius 3 is 2.37 bits per heavy atom. The Kier molecular flexibility index (Phi) is 5.51. The highest BCUT2D eigenvalue weighted by Gasteiger charge is 2.55. The molecule has 0 spiro atoms. The van der Waals surface area contributed by atoms with Gasteiger partial charge in [0.25, 0.3) is 0 Å². The van der Waals surface area contributed by atoms with Gasteiger partial charge < -0.3 is 5.11 Å². The Labute approximate surface area is 166 Å². The summed E-state index contributed by atoms with van der Waals surface area (Å²) < 4.78 is 0. The lowest BCUT2D eigenvalue weighted by Crippen LogP contribution is -2.58. The molecule has 27 heavy (non-hydrogen) atoms. The number of fused-ring (bicyclic) bond motifs is 1. The minimum Gasteiger partial charge on any atom is -0.389 e. The van der Waals surface area contributed by atoms with Gasteiger partial charge in [0, 0.05) is 5.41 Å². The second-order valence-electron chi connectivity index (χ2n) is 8.90. The number of rotatable bonds is 7. The smallest absolute Gasteiger partial charge is 0.111 e. The van der Waals surface area contributed by atoms with E-state index >= 15 is 0 Å². The number of aryl methyl sites for hydroxylation is 1. The van der Waals surface area contributed by atoms with Crippen molar-refractivity contribution in [1.29, 1.82) is 0 Å². The summed E-state index contributed by atoms with van der Waals surface area (Å²) in [6, 6.07) is 20.8.